The molecule has 2 atom stereocenters. The molecule has 2 unspecified atom stereocenters. The molecule has 0 aromatic heterocycles. The number of ether oxygens (including phenoxy) is 3. The van der Waals surface area contributed by atoms with Gasteiger partial charge in [-0.3, -0.25) is 0 Å². The van der Waals surface area contributed by atoms with Crippen LogP contribution in [0.3, 0.4) is 0 Å². The second-order valence-electron chi connectivity index (χ2n) is 4.26. The molecule has 4 nitrogen and oxygen atoms in total. The van der Waals surface area contributed by atoms with Gasteiger partial charge >= 0.3 is 0 Å². The molecule has 4 heteroatoms. The van der Waals surface area contributed by atoms with Gasteiger partial charge in [0.1, 0.15) is 0 Å². The third-order valence-corrected chi connectivity index (χ3v) is 3.03. The summed E-state index contributed by atoms with van der Waals surface area (Å²) in [6, 6.07) is 0. The van der Waals surface area contributed by atoms with Crippen molar-refractivity contribution in [1.82, 2.24) is 5.32 Å². The first kappa shape index (κ1) is 13.9. The van der Waals surface area contributed by atoms with Gasteiger partial charge in [0, 0.05) is 27.3 Å². The van der Waals surface area contributed by atoms with E-state index in [4.69, 9.17) is 14.2 Å². The fourth-order valence-electron chi connectivity index (χ4n) is 2.06. The van der Waals surface area contributed by atoms with Gasteiger partial charge in [-0.1, -0.05) is 0 Å². The van der Waals surface area contributed by atoms with Gasteiger partial charge in [-0.25, -0.2) is 0 Å². The van der Waals surface area contributed by atoms with Gasteiger partial charge in [0.15, 0.2) is 0 Å². The van der Waals surface area contributed by atoms with Crippen LogP contribution in [0.2, 0.25) is 0 Å². The lowest BCUT2D eigenvalue weighted by molar-refractivity contribution is -0.0283. The maximum Gasteiger partial charge on any atom is 0.0600 e. The highest BCUT2D eigenvalue weighted by Gasteiger charge is 2.21. The maximum absolute atomic E-state index is 5.81. The lowest BCUT2D eigenvalue weighted by Crippen LogP contribution is -2.30. The molecular weight excluding hydrogens is 206 g/mol. The lowest BCUT2D eigenvalue weighted by atomic mass is 9.95. The van der Waals surface area contributed by atoms with Crippen molar-refractivity contribution >= 4 is 0 Å². The van der Waals surface area contributed by atoms with Gasteiger partial charge in [-0.15, -0.1) is 0 Å². The van der Waals surface area contributed by atoms with E-state index in [1.54, 1.807) is 14.2 Å². The average molecular weight is 231 g/mol. The van der Waals surface area contributed by atoms with E-state index < -0.39 is 0 Å². The van der Waals surface area contributed by atoms with E-state index >= 15 is 0 Å². The molecule has 16 heavy (non-hydrogen) atoms. The minimum Gasteiger partial charge on any atom is -0.383 e. The molecule has 0 heterocycles. The largest absolute Gasteiger partial charge is 0.383 e. The molecule has 96 valence electrons. The van der Waals surface area contributed by atoms with Crippen LogP contribution in [0.15, 0.2) is 0 Å². The highest BCUT2D eigenvalue weighted by molar-refractivity contribution is 4.73. The Hall–Kier alpha value is -0.160. The van der Waals surface area contributed by atoms with E-state index in [1.807, 2.05) is 0 Å². The van der Waals surface area contributed by atoms with Crippen LogP contribution in [0, 0.1) is 0 Å². The van der Waals surface area contributed by atoms with E-state index in [0.29, 0.717) is 12.2 Å². The van der Waals surface area contributed by atoms with Crippen LogP contribution in [-0.4, -0.2) is 52.7 Å². The number of methoxy groups -OCH3 is 2. The molecular formula is C12H25NO3. The average Bonchev–Trinajstić information content (AvgIpc) is 2.34. The molecule has 1 saturated carbocycles. The minimum atomic E-state index is 0.392. The second kappa shape index (κ2) is 8.93. The standard InChI is InChI=1S/C12H25NO3/c1-14-8-6-13-7-9-16-12-5-3-4-11(10-12)15-2/h11-13H,3-10H2,1-2H3. The van der Waals surface area contributed by atoms with Crippen molar-refractivity contribution in [3.05, 3.63) is 0 Å². The Morgan fingerprint density at radius 2 is 1.81 bits per heavy atom. The first-order chi connectivity index (χ1) is 7.86. The Labute approximate surface area is 98.6 Å². The third-order valence-electron chi connectivity index (χ3n) is 3.03. The van der Waals surface area contributed by atoms with Crippen molar-refractivity contribution in [2.45, 2.75) is 37.9 Å². The predicted octanol–water partition coefficient (Wildman–Crippen LogP) is 1.20. The summed E-state index contributed by atoms with van der Waals surface area (Å²) in [5, 5.41) is 3.27. The minimum absolute atomic E-state index is 0.392. The summed E-state index contributed by atoms with van der Waals surface area (Å²) in [6.07, 6.45) is 5.43. The Bertz CT molecular complexity index is 166. The third kappa shape index (κ3) is 5.80. The first-order valence-corrected chi connectivity index (χ1v) is 6.21. The van der Waals surface area contributed by atoms with Crippen molar-refractivity contribution in [2.24, 2.45) is 0 Å². The summed E-state index contributed by atoms with van der Waals surface area (Å²) < 4.78 is 16.1. The molecule has 0 spiro atoms. The molecule has 1 aliphatic carbocycles. The van der Waals surface area contributed by atoms with E-state index in [2.05, 4.69) is 5.32 Å². The van der Waals surface area contributed by atoms with Gasteiger partial charge in [-0.2, -0.15) is 0 Å². The van der Waals surface area contributed by atoms with E-state index in [0.717, 1.165) is 32.7 Å². The number of hydrogen-bond donors (Lipinski definition) is 1. The lowest BCUT2D eigenvalue weighted by Gasteiger charge is -2.28. The van der Waals surface area contributed by atoms with Crippen LogP contribution < -0.4 is 5.32 Å². The Morgan fingerprint density at radius 1 is 1.06 bits per heavy atom. The molecule has 0 amide bonds. The Kier molecular flexibility index (Phi) is 7.76. The van der Waals surface area contributed by atoms with Crippen LogP contribution in [0.4, 0.5) is 0 Å². The van der Waals surface area contributed by atoms with Gasteiger partial charge in [0.05, 0.1) is 25.4 Å². The molecule has 0 bridgehead atoms. The summed E-state index contributed by atoms with van der Waals surface area (Å²) >= 11 is 0. The zero-order valence-corrected chi connectivity index (χ0v) is 10.5. The fourth-order valence-corrected chi connectivity index (χ4v) is 2.06. The highest BCUT2D eigenvalue weighted by Crippen LogP contribution is 2.22. The van der Waals surface area contributed by atoms with Gasteiger partial charge in [-0.05, 0) is 25.7 Å². The summed E-state index contributed by atoms with van der Waals surface area (Å²) in [6.45, 7) is 3.34. The molecule has 1 fully saturated rings. The molecule has 0 aliphatic heterocycles. The van der Waals surface area contributed by atoms with Crippen LogP contribution in [-0.2, 0) is 14.2 Å². The first-order valence-electron chi connectivity index (χ1n) is 6.21. The molecule has 1 N–H and O–H groups in total. The zero-order chi connectivity index (χ0) is 11.6. The predicted molar refractivity (Wildman–Crippen MR) is 63.8 cm³/mol. The van der Waals surface area contributed by atoms with Crippen molar-refractivity contribution < 1.29 is 14.2 Å². The zero-order valence-electron chi connectivity index (χ0n) is 10.5. The molecule has 0 aromatic carbocycles. The number of nitrogens with one attached hydrogen (secondary N) is 1. The topological polar surface area (TPSA) is 39.7 Å². The van der Waals surface area contributed by atoms with Crippen LogP contribution in [0.5, 0.6) is 0 Å². The highest BCUT2D eigenvalue weighted by atomic mass is 16.5. The molecule has 0 radical (unpaired) electrons. The van der Waals surface area contributed by atoms with Gasteiger partial charge in [0.2, 0.25) is 0 Å². The molecule has 1 rings (SSSR count). The van der Waals surface area contributed by atoms with E-state index in [1.165, 1.54) is 19.3 Å². The van der Waals surface area contributed by atoms with Gasteiger partial charge < -0.3 is 19.5 Å². The molecule has 0 aromatic rings. The van der Waals surface area contributed by atoms with Crippen molar-refractivity contribution in [3.63, 3.8) is 0 Å². The van der Waals surface area contributed by atoms with Gasteiger partial charge in [0.25, 0.3) is 0 Å². The normalized spacial score (nSPS) is 25.9. The Morgan fingerprint density at radius 3 is 2.56 bits per heavy atom. The summed E-state index contributed by atoms with van der Waals surface area (Å²) in [4.78, 5) is 0. The van der Waals surface area contributed by atoms with Crippen molar-refractivity contribution in [1.29, 1.82) is 0 Å². The molecule has 0 saturated heterocycles. The summed E-state index contributed by atoms with van der Waals surface area (Å²) in [7, 11) is 3.50. The fraction of sp³-hybridized carbons (Fsp3) is 1.00. The molecule has 1 aliphatic rings. The van der Waals surface area contributed by atoms with Crippen molar-refractivity contribution in [3.8, 4) is 0 Å². The van der Waals surface area contributed by atoms with Crippen LogP contribution in [0.1, 0.15) is 25.7 Å². The number of hydrogen-bond acceptors (Lipinski definition) is 4. The van der Waals surface area contributed by atoms with E-state index in [9.17, 15) is 0 Å². The van der Waals surface area contributed by atoms with Crippen LogP contribution >= 0.6 is 0 Å². The Balaban J connectivity index is 1.95. The number of rotatable bonds is 8. The SMILES string of the molecule is COCCNCCOC1CCCC(OC)C1. The quantitative estimate of drug-likeness (QED) is 0.637. The summed E-state index contributed by atoms with van der Waals surface area (Å²) in [5.74, 6) is 0. The van der Waals surface area contributed by atoms with E-state index in [-0.39, 0.29) is 0 Å². The smallest absolute Gasteiger partial charge is 0.0600 e. The maximum atomic E-state index is 5.81. The second-order valence-corrected chi connectivity index (χ2v) is 4.26. The van der Waals surface area contributed by atoms with Crippen LogP contribution in [0.25, 0.3) is 0 Å². The van der Waals surface area contributed by atoms with Crippen molar-refractivity contribution in [2.75, 3.05) is 40.5 Å². The summed E-state index contributed by atoms with van der Waals surface area (Å²) in [5.41, 5.74) is 0. The monoisotopic (exact) mass is 231 g/mol.